The Kier molecular flexibility index (Phi) is 11.8. The van der Waals surface area contributed by atoms with Crippen molar-refractivity contribution >= 4 is 35.6 Å². The lowest BCUT2D eigenvalue weighted by molar-refractivity contribution is 0.122. The fraction of sp³-hybridized carbons (Fsp3) is 0.480. The van der Waals surface area contributed by atoms with Crippen molar-refractivity contribution in [1.29, 1.82) is 0 Å². The highest BCUT2D eigenvalue weighted by Gasteiger charge is 2.14. The Balaban J connectivity index is 0.00000385. The van der Waals surface area contributed by atoms with Crippen LogP contribution < -0.4 is 20.3 Å². The van der Waals surface area contributed by atoms with Crippen molar-refractivity contribution in [3.05, 3.63) is 59.7 Å². The molecule has 2 aromatic rings. The van der Waals surface area contributed by atoms with Gasteiger partial charge in [-0.3, -0.25) is 0 Å². The van der Waals surface area contributed by atoms with Crippen molar-refractivity contribution in [2.75, 3.05) is 44.3 Å². The predicted molar refractivity (Wildman–Crippen MR) is 145 cm³/mol. The lowest BCUT2D eigenvalue weighted by Gasteiger charge is -2.30. The third-order valence-electron chi connectivity index (χ3n) is 5.19. The average Bonchev–Trinajstić information content (AvgIpc) is 2.81. The van der Waals surface area contributed by atoms with E-state index in [-0.39, 0.29) is 30.1 Å². The third kappa shape index (κ3) is 8.68. The van der Waals surface area contributed by atoms with Crippen LogP contribution >= 0.6 is 24.0 Å². The van der Waals surface area contributed by atoms with Crippen LogP contribution in [0.15, 0.2) is 53.5 Å². The number of rotatable bonds is 9. The molecule has 1 unspecified atom stereocenters. The van der Waals surface area contributed by atoms with E-state index in [1.54, 1.807) is 0 Å². The lowest BCUT2D eigenvalue weighted by atomic mass is 10.1. The largest absolute Gasteiger partial charge is 0.491 e. The maximum absolute atomic E-state index is 10.6. The molecule has 8 heteroatoms. The van der Waals surface area contributed by atoms with Crippen molar-refractivity contribution in [2.24, 2.45) is 4.99 Å². The molecule has 33 heavy (non-hydrogen) atoms. The Bertz CT molecular complexity index is 855. The first-order chi connectivity index (χ1) is 15.6. The normalized spacial score (nSPS) is 15.1. The van der Waals surface area contributed by atoms with Gasteiger partial charge in [0.2, 0.25) is 0 Å². The van der Waals surface area contributed by atoms with Crippen LogP contribution in [-0.2, 0) is 11.3 Å². The van der Waals surface area contributed by atoms with Crippen LogP contribution in [0.2, 0.25) is 0 Å². The Hall–Kier alpha value is -2.04. The molecule has 0 spiro atoms. The summed E-state index contributed by atoms with van der Waals surface area (Å²) < 4.78 is 11.2. The van der Waals surface area contributed by atoms with Crippen LogP contribution in [0.5, 0.6) is 5.75 Å². The van der Waals surface area contributed by atoms with Crippen LogP contribution in [0, 0.1) is 0 Å². The number of halogens is 1. The van der Waals surface area contributed by atoms with Gasteiger partial charge in [0.1, 0.15) is 5.75 Å². The molecule has 3 rings (SSSR count). The smallest absolute Gasteiger partial charge is 0.191 e. The second-order valence-corrected chi connectivity index (χ2v) is 8.06. The molecule has 0 aromatic heterocycles. The van der Waals surface area contributed by atoms with Crippen molar-refractivity contribution in [2.45, 2.75) is 39.5 Å². The van der Waals surface area contributed by atoms with Gasteiger partial charge in [0.15, 0.2) is 5.96 Å². The highest BCUT2D eigenvalue weighted by molar-refractivity contribution is 14.0. The molecule has 3 N–H and O–H groups in total. The number of nitrogens with zero attached hydrogens (tertiary/aromatic N) is 2. The summed E-state index contributed by atoms with van der Waals surface area (Å²) in [6.45, 7) is 11.0. The molecule has 2 aromatic carbocycles. The second-order valence-electron chi connectivity index (χ2n) is 8.06. The van der Waals surface area contributed by atoms with Crippen LogP contribution in [0.3, 0.4) is 0 Å². The molecule has 1 aliphatic rings. The number of hydrogen-bond donors (Lipinski definition) is 3. The molecular weight excluding hydrogens is 531 g/mol. The Morgan fingerprint density at radius 3 is 2.45 bits per heavy atom. The van der Waals surface area contributed by atoms with Crippen molar-refractivity contribution in [3.8, 4) is 5.75 Å². The highest BCUT2D eigenvalue weighted by atomic mass is 127. The Morgan fingerprint density at radius 2 is 1.79 bits per heavy atom. The number of ether oxygens (including phenoxy) is 2. The van der Waals surface area contributed by atoms with Gasteiger partial charge in [-0.1, -0.05) is 30.3 Å². The van der Waals surface area contributed by atoms with E-state index in [0.29, 0.717) is 19.0 Å². The zero-order chi connectivity index (χ0) is 22.8. The fourth-order valence-corrected chi connectivity index (χ4v) is 3.62. The van der Waals surface area contributed by atoms with Crippen LogP contribution in [-0.4, -0.2) is 56.6 Å². The summed E-state index contributed by atoms with van der Waals surface area (Å²) in [6.07, 6.45) is -0.521. The van der Waals surface area contributed by atoms with Gasteiger partial charge in [-0.25, -0.2) is 4.99 Å². The zero-order valence-electron chi connectivity index (χ0n) is 19.8. The predicted octanol–water partition coefficient (Wildman–Crippen LogP) is 3.72. The van der Waals surface area contributed by atoms with Gasteiger partial charge in [-0.05, 0) is 50.1 Å². The number of guanidine groups is 1. The molecule has 1 atom stereocenters. The summed E-state index contributed by atoms with van der Waals surface area (Å²) in [7, 11) is 0. The van der Waals surface area contributed by atoms with Crippen molar-refractivity contribution in [3.63, 3.8) is 0 Å². The van der Waals surface area contributed by atoms with Gasteiger partial charge in [-0.15, -0.1) is 24.0 Å². The quantitative estimate of drug-likeness (QED) is 0.243. The molecule has 0 saturated carbocycles. The van der Waals surface area contributed by atoms with Gasteiger partial charge >= 0.3 is 0 Å². The molecule has 7 nitrogen and oxygen atoms in total. The van der Waals surface area contributed by atoms with E-state index in [2.05, 4.69) is 33.7 Å². The molecular formula is C25H37IN4O3. The van der Waals surface area contributed by atoms with Crippen molar-refractivity contribution in [1.82, 2.24) is 10.6 Å². The molecule has 1 aliphatic heterocycles. The lowest BCUT2D eigenvalue weighted by Crippen LogP contribution is -2.39. The molecule has 182 valence electrons. The SMILES string of the molecule is CCNC(=NCc1ccccc1N1CCOCC1)NCC(O)c1ccc(OC(C)C)cc1.I. The minimum absolute atomic E-state index is 0. The van der Waals surface area contributed by atoms with Crippen LogP contribution in [0.4, 0.5) is 5.69 Å². The zero-order valence-corrected chi connectivity index (χ0v) is 22.1. The maximum atomic E-state index is 10.6. The number of hydrogen-bond acceptors (Lipinski definition) is 5. The summed E-state index contributed by atoms with van der Waals surface area (Å²) in [5.74, 6) is 1.49. The first-order valence-electron chi connectivity index (χ1n) is 11.4. The van der Waals surface area contributed by atoms with E-state index >= 15 is 0 Å². The minimum atomic E-state index is -0.646. The number of nitrogens with one attached hydrogen (secondary N) is 2. The number of anilines is 1. The number of benzene rings is 2. The van der Waals surface area contributed by atoms with E-state index in [0.717, 1.165) is 44.2 Å². The summed E-state index contributed by atoms with van der Waals surface area (Å²) >= 11 is 0. The molecule has 0 radical (unpaired) electrons. The number of aliphatic hydroxyl groups is 1. The number of aliphatic imine (C=N–C) groups is 1. The minimum Gasteiger partial charge on any atom is -0.491 e. The van der Waals surface area contributed by atoms with Crippen molar-refractivity contribution < 1.29 is 14.6 Å². The summed E-state index contributed by atoms with van der Waals surface area (Å²) in [5.41, 5.74) is 3.22. The van der Waals surface area contributed by atoms with Gasteiger partial charge in [0.05, 0.1) is 32.0 Å². The standard InChI is InChI=1S/C25H36N4O3.HI/c1-4-26-25(28-18-24(30)20-9-11-22(12-10-20)32-19(2)3)27-17-21-7-5-6-8-23(21)29-13-15-31-16-14-29;/h5-12,19,24,30H,4,13-18H2,1-3H3,(H2,26,27,28);1H. The topological polar surface area (TPSA) is 78.4 Å². The summed E-state index contributed by atoms with van der Waals surface area (Å²) in [5, 5.41) is 17.1. The van der Waals surface area contributed by atoms with Crippen LogP contribution in [0.1, 0.15) is 38.0 Å². The molecule has 1 saturated heterocycles. The second kappa shape index (κ2) is 14.3. The van der Waals surface area contributed by atoms with Gasteiger partial charge in [0, 0.05) is 31.9 Å². The summed E-state index contributed by atoms with van der Waals surface area (Å²) in [4.78, 5) is 7.11. The molecule has 0 aliphatic carbocycles. The molecule has 1 fully saturated rings. The monoisotopic (exact) mass is 568 g/mol. The number of aliphatic hydroxyl groups excluding tert-OH is 1. The number of para-hydroxylation sites is 1. The molecule has 0 amide bonds. The van der Waals surface area contributed by atoms with Gasteiger partial charge in [-0.2, -0.15) is 0 Å². The Morgan fingerprint density at radius 1 is 1.09 bits per heavy atom. The van der Waals surface area contributed by atoms with E-state index in [1.165, 1.54) is 11.3 Å². The van der Waals surface area contributed by atoms with Gasteiger partial charge < -0.3 is 30.1 Å². The first-order valence-corrected chi connectivity index (χ1v) is 11.4. The summed E-state index contributed by atoms with van der Waals surface area (Å²) in [6, 6.07) is 15.9. The highest BCUT2D eigenvalue weighted by Crippen LogP contribution is 2.22. The number of morpholine rings is 1. The third-order valence-corrected chi connectivity index (χ3v) is 5.19. The maximum Gasteiger partial charge on any atom is 0.191 e. The van der Waals surface area contributed by atoms with Crippen LogP contribution in [0.25, 0.3) is 0 Å². The average molecular weight is 569 g/mol. The molecule has 0 bridgehead atoms. The van der Waals surface area contributed by atoms with E-state index in [4.69, 9.17) is 14.5 Å². The fourth-order valence-electron chi connectivity index (χ4n) is 3.62. The van der Waals surface area contributed by atoms with E-state index in [1.807, 2.05) is 51.1 Å². The Labute approximate surface area is 214 Å². The van der Waals surface area contributed by atoms with Gasteiger partial charge in [0.25, 0.3) is 0 Å². The first kappa shape index (κ1) is 27.2. The molecule has 1 heterocycles. The van der Waals surface area contributed by atoms with E-state index < -0.39 is 6.10 Å². The van der Waals surface area contributed by atoms with E-state index in [9.17, 15) is 5.11 Å².